The van der Waals surface area contributed by atoms with Crippen molar-refractivity contribution in [2.24, 2.45) is 23.7 Å². The number of rotatable bonds is 6. The minimum absolute atomic E-state index is 0.146. The smallest absolute Gasteiger partial charge is 0.260 e. The number of phenols is 1. The van der Waals surface area contributed by atoms with Crippen molar-refractivity contribution in [3.8, 4) is 11.5 Å². The lowest BCUT2D eigenvalue weighted by Crippen LogP contribution is -2.53. The van der Waals surface area contributed by atoms with E-state index in [2.05, 4.69) is 5.43 Å². The number of carbonyl (C=O) groups excluding carboxylic acids is 4. The van der Waals surface area contributed by atoms with Gasteiger partial charge >= 0.3 is 0 Å². The highest BCUT2D eigenvalue weighted by molar-refractivity contribution is 6.31. The molecule has 2 N–H and O–H groups in total. The number of nitrogens with zero attached hydrogens (tertiary/aromatic N) is 2. The maximum Gasteiger partial charge on any atom is 0.260 e. The van der Waals surface area contributed by atoms with Gasteiger partial charge in [-0.15, -0.1) is 0 Å². The summed E-state index contributed by atoms with van der Waals surface area (Å²) in [5.41, 5.74) is 5.35. The first-order valence-corrected chi connectivity index (χ1v) is 17.0. The number of ether oxygens (including phenoxy) is 1. The monoisotopic (exact) mass is 687 g/mol. The molecule has 4 amide bonds. The predicted octanol–water partition coefficient (Wildman–Crippen LogP) is 6.55. The van der Waals surface area contributed by atoms with Gasteiger partial charge in [0.2, 0.25) is 11.8 Å². The van der Waals surface area contributed by atoms with Crippen LogP contribution in [0.3, 0.4) is 0 Å². The molecule has 0 bridgehead atoms. The SMILES string of the molecule is COc1cccc([C@H]2C3=CC[C@@H]4C(=O)N(c5ccc(Cl)cc5)C(=O)[C@@H]4[C@@H]3C[C@H]3C(=O)N(Nc4ccc(C)cc4)C(=O)[C@@]23c2ccccc2)c1O. The molecule has 10 heteroatoms. The number of anilines is 2. The van der Waals surface area contributed by atoms with Crippen LogP contribution in [0.15, 0.2) is 109 Å². The molecule has 0 aromatic heterocycles. The van der Waals surface area contributed by atoms with Gasteiger partial charge in [-0.05, 0) is 73.7 Å². The van der Waals surface area contributed by atoms with Gasteiger partial charge in [-0.25, -0.2) is 0 Å². The number of hydrogen-bond acceptors (Lipinski definition) is 7. The number of hydrogen-bond donors (Lipinski definition) is 2. The van der Waals surface area contributed by atoms with Crippen LogP contribution in [0, 0.1) is 30.6 Å². The van der Waals surface area contributed by atoms with Crippen LogP contribution < -0.4 is 15.1 Å². The first-order chi connectivity index (χ1) is 24.2. The molecule has 50 heavy (non-hydrogen) atoms. The highest BCUT2D eigenvalue weighted by atomic mass is 35.5. The Hall–Kier alpha value is -5.41. The van der Waals surface area contributed by atoms with Gasteiger partial charge in [-0.3, -0.25) is 29.5 Å². The Morgan fingerprint density at radius 2 is 1.56 bits per heavy atom. The van der Waals surface area contributed by atoms with Gasteiger partial charge in [0.1, 0.15) is 0 Å². The Balaban J connectivity index is 1.33. The van der Waals surface area contributed by atoms with Crippen molar-refractivity contribution in [1.29, 1.82) is 0 Å². The molecule has 9 nitrogen and oxygen atoms in total. The Kier molecular flexibility index (Phi) is 7.56. The number of nitrogens with one attached hydrogen (secondary N) is 1. The second-order valence-corrected chi connectivity index (χ2v) is 13.9. The van der Waals surface area contributed by atoms with E-state index in [4.69, 9.17) is 16.3 Å². The number of methoxy groups -OCH3 is 1. The molecule has 8 rings (SSSR count). The highest BCUT2D eigenvalue weighted by Crippen LogP contribution is 2.65. The largest absolute Gasteiger partial charge is 0.504 e. The topological polar surface area (TPSA) is 116 Å². The lowest BCUT2D eigenvalue weighted by Gasteiger charge is -2.50. The van der Waals surface area contributed by atoms with Crippen molar-refractivity contribution in [2.75, 3.05) is 17.4 Å². The third kappa shape index (κ3) is 4.53. The number of allylic oxidation sites excluding steroid dienone is 2. The Bertz CT molecular complexity index is 2080. The lowest BCUT2D eigenvalue weighted by molar-refractivity contribution is -0.138. The quantitative estimate of drug-likeness (QED) is 0.174. The number of para-hydroxylation sites is 1. The molecule has 4 aromatic carbocycles. The molecular weight excluding hydrogens is 654 g/mol. The number of phenolic OH excluding ortho intramolecular Hbond substituents is 1. The first-order valence-electron chi connectivity index (χ1n) is 16.6. The number of aromatic hydroxyl groups is 1. The number of amides is 4. The Labute approximate surface area is 294 Å². The summed E-state index contributed by atoms with van der Waals surface area (Å²) < 4.78 is 5.53. The van der Waals surface area contributed by atoms with E-state index in [0.717, 1.165) is 16.1 Å². The number of imide groups is 2. The third-order valence-electron chi connectivity index (χ3n) is 11.0. The van der Waals surface area contributed by atoms with Crippen LogP contribution >= 0.6 is 11.6 Å². The summed E-state index contributed by atoms with van der Waals surface area (Å²) in [5, 5.41) is 13.3. The molecule has 4 aliphatic rings. The van der Waals surface area contributed by atoms with Crippen LogP contribution in [0.5, 0.6) is 11.5 Å². The lowest BCUT2D eigenvalue weighted by atomic mass is 9.49. The van der Waals surface area contributed by atoms with Crippen molar-refractivity contribution in [3.05, 3.63) is 130 Å². The van der Waals surface area contributed by atoms with Crippen LogP contribution in [-0.4, -0.2) is 40.9 Å². The van der Waals surface area contributed by atoms with Gasteiger partial charge in [0.25, 0.3) is 11.8 Å². The molecule has 0 radical (unpaired) electrons. The normalized spacial score (nSPS) is 27.1. The fourth-order valence-corrected chi connectivity index (χ4v) is 9.00. The average molecular weight is 688 g/mol. The molecule has 0 spiro atoms. The van der Waals surface area contributed by atoms with E-state index in [1.165, 1.54) is 12.0 Å². The average Bonchev–Trinajstić information content (AvgIpc) is 3.51. The number of benzene rings is 4. The van der Waals surface area contributed by atoms with E-state index in [1.54, 1.807) is 54.6 Å². The number of carbonyl (C=O) groups is 4. The summed E-state index contributed by atoms with van der Waals surface area (Å²) in [5.74, 6) is -5.34. The zero-order chi connectivity index (χ0) is 34.9. The molecule has 252 valence electrons. The minimum Gasteiger partial charge on any atom is -0.504 e. The molecule has 2 aliphatic heterocycles. The third-order valence-corrected chi connectivity index (χ3v) is 11.3. The van der Waals surface area contributed by atoms with E-state index in [-0.39, 0.29) is 36.2 Å². The van der Waals surface area contributed by atoms with Crippen molar-refractivity contribution in [2.45, 2.75) is 31.1 Å². The van der Waals surface area contributed by atoms with Crippen LogP contribution in [0.25, 0.3) is 0 Å². The standard InChI is InChI=1S/C40H34ClN3O6/c1-22-11-15-25(16-12-22)42-44-37(47)31-21-30-27(19-20-28-33(30)38(48)43(36(28)46)26-17-13-24(41)14-18-26)34(29-9-6-10-32(50-2)35(29)45)40(31,39(44)49)23-7-4-3-5-8-23/h3-19,28,30-31,33-34,42,45H,20-21H2,1-2H3/t28-,30+,31-,33-,34+,40+/m0/s1. The molecule has 2 heterocycles. The van der Waals surface area contributed by atoms with Crippen LogP contribution in [0.1, 0.15) is 35.4 Å². The fourth-order valence-electron chi connectivity index (χ4n) is 8.87. The van der Waals surface area contributed by atoms with E-state index >= 15 is 4.79 Å². The maximum atomic E-state index is 15.2. The minimum atomic E-state index is -1.50. The summed E-state index contributed by atoms with van der Waals surface area (Å²) in [6, 6.07) is 28.3. The number of aryl methyl sites for hydroxylation is 1. The van der Waals surface area contributed by atoms with E-state index in [9.17, 15) is 19.5 Å². The number of hydrazine groups is 1. The molecule has 6 atom stereocenters. The summed E-state index contributed by atoms with van der Waals surface area (Å²) in [6.45, 7) is 1.95. The predicted molar refractivity (Wildman–Crippen MR) is 187 cm³/mol. The van der Waals surface area contributed by atoms with E-state index in [1.807, 2.05) is 55.5 Å². The van der Waals surface area contributed by atoms with Crippen LogP contribution in [0.4, 0.5) is 11.4 Å². The van der Waals surface area contributed by atoms with Crippen LogP contribution in [0.2, 0.25) is 5.02 Å². The van der Waals surface area contributed by atoms with Crippen LogP contribution in [-0.2, 0) is 24.6 Å². The number of fused-ring (bicyclic) bond motifs is 4. The Morgan fingerprint density at radius 1 is 0.840 bits per heavy atom. The highest BCUT2D eigenvalue weighted by Gasteiger charge is 2.70. The van der Waals surface area contributed by atoms with Gasteiger partial charge in [-0.1, -0.05) is 83.4 Å². The van der Waals surface area contributed by atoms with Crippen molar-refractivity contribution >= 4 is 46.6 Å². The molecule has 4 aromatic rings. The van der Waals surface area contributed by atoms with Crippen molar-refractivity contribution < 1.29 is 29.0 Å². The summed E-state index contributed by atoms with van der Waals surface area (Å²) in [4.78, 5) is 59.6. The summed E-state index contributed by atoms with van der Waals surface area (Å²) >= 11 is 6.13. The van der Waals surface area contributed by atoms with Gasteiger partial charge in [0.15, 0.2) is 11.5 Å². The maximum absolute atomic E-state index is 15.2. The van der Waals surface area contributed by atoms with Gasteiger partial charge in [-0.2, -0.15) is 5.01 Å². The molecule has 2 saturated heterocycles. The first kappa shape index (κ1) is 31.8. The zero-order valence-electron chi connectivity index (χ0n) is 27.4. The van der Waals surface area contributed by atoms with Crippen molar-refractivity contribution in [1.82, 2.24) is 5.01 Å². The number of halogens is 1. The fraction of sp³-hybridized carbons (Fsp3) is 0.250. The Morgan fingerprint density at radius 3 is 2.26 bits per heavy atom. The van der Waals surface area contributed by atoms with E-state index < -0.39 is 46.8 Å². The molecule has 0 unspecified atom stereocenters. The second kappa shape index (κ2) is 11.9. The second-order valence-electron chi connectivity index (χ2n) is 13.5. The van der Waals surface area contributed by atoms with E-state index in [0.29, 0.717) is 27.5 Å². The summed E-state index contributed by atoms with van der Waals surface area (Å²) in [7, 11) is 1.45. The molecule has 1 saturated carbocycles. The summed E-state index contributed by atoms with van der Waals surface area (Å²) in [6.07, 6.45) is 2.36. The molecular formula is C40H34ClN3O6. The van der Waals surface area contributed by atoms with Crippen molar-refractivity contribution in [3.63, 3.8) is 0 Å². The molecule has 2 aliphatic carbocycles. The van der Waals surface area contributed by atoms with Gasteiger partial charge < -0.3 is 9.84 Å². The zero-order valence-corrected chi connectivity index (χ0v) is 28.1. The van der Waals surface area contributed by atoms with Gasteiger partial charge in [0, 0.05) is 16.5 Å². The molecule has 3 fully saturated rings. The van der Waals surface area contributed by atoms with Gasteiger partial charge in [0.05, 0.1) is 41.7 Å².